The fraction of sp³-hybridized carbons (Fsp3) is 0.0588. The van der Waals surface area contributed by atoms with Gasteiger partial charge in [0.15, 0.2) is 0 Å². The van der Waals surface area contributed by atoms with Crippen LogP contribution in [0.5, 0.6) is 5.75 Å². The monoisotopic (exact) mass is 390 g/mol. The Kier molecular flexibility index (Phi) is 5.43. The van der Waals surface area contributed by atoms with Crippen molar-refractivity contribution >= 4 is 45.2 Å². The van der Waals surface area contributed by atoms with Crippen LogP contribution in [0.3, 0.4) is 0 Å². The molecule has 2 N–H and O–H groups in total. The largest absolute Gasteiger partial charge is 0.505 e. The molecule has 4 nitrogen and oxygen atoms in total. The van der Waals surface area contributed by atoms with Crippen LogP contribution in [0.2, 0.25) is 5.02 Å². The second-order valence-electron chi connectivity index (χ2n) is 4.77. The number of benzene rings is 2. The van der Waals surface area contributed by atoms with Crippen LogP contribution < -0.4 is 5.32 Å². The summed E-state index contributed by atoms with van der Waals surface area (Å²) >= 11 is 9.05. The van der Waals surface area contributed by atoms with Crippen LogP contribution in [0.25, 0.3) is 6.08 Å². The molecule has 0 atom stereocenters. The molecule has 0 aliphatic rings. The first kappa shape index (κ1) is 17.1. The van der Waals surface area contributed by atoms with Crippen molar-refractivity contribution in [3.8, 4) is 11.8 Å². The van der Waals surface area contributed by atoms with E-state index in [1.807, 2.05) is 25.1 Å². The molecular formula is C17H12BrClN2O2. The number of nitriles is 1. The Morgan fingerprint density at radius 1 is 1.39 bits per heavy atom. The van der Waals surface area contributed by atoms with Crippen molar-refractivity contribution in [3.63, 3.8) is 0 Å². The van der Waals surface area contributed by atoms with Crippen LogP contribution in [-0.4, -0.2) is 11.0 Å². The van der Waals surface area contributed by atoms with Crippen LogP contribution in [0.4, 0.5) is 5.69 Å². The zero-order chi connectivity index (χ0) is 17.0. The minimum absolute atomic E-state index is 0.0677. The van der Waals surface area contributed by atoms with Crippen LogP contribution in [0, 0.1) is 18.3 Å². The number of carbonyl (C=O) groups is 1. The number of amides is 1. The summed E-state index contributed by atoms with van der Waals surface area (Å²) in [6, 6.07) is 12.2. The van der Waals surface area contributed by atoms with E-state index >= 15 is 0 Å². The predicted octanol–water partition coefficient (Wildman–Crippen LogP) is 4.66. The fourth-order valence-corrected chi connectivity index (χ4v) is 2.71. The van der Waals surface area contributed by atoms with Crippen molar-refractivity contribution in [1.82, 2.24) is 0 Å². The highest BCUT2D eigenvalue weighted by Gasteiger charge is 2.12. The molecule has 0 unspecified atom stereocenters. The molecule has 0 aliphatic carbocycles. The van der Waals surface area contributed by atoms with E-state index in [9.17, 15) is 15.2 Å². The summed E-state index contributed by atoms with van der Waals surface area (Å²) < 4.78 is 0.382. The number of nitrogens with one attached hydrogen (secondary N) is 1. The van der Waals surface area contributed by atoms with E-state index in [1.165, 1.54) is 12.1 Å². The van der Waals surface area contributed by atoms with Gasteiger partial charge in [0.05, 0.1) is 9.50 Å². The highest BCUT2D eigenvalue weighted by atomic mass is 79.9. The summed E-state index contributed by atoms with van der Waals surface area (Å²) in [5.74, 6) is -0.603. The third kappa shape index (κ3) is 4.13. The number of hydrogen-bond acceptors (Lipinski definition) is 3. The summed E-state index contributed by atoms with van der Waals surface area (Å²) in [6.45, 7) is 1.86. The topological polar surface area (TPSA) is 73.1 Å². The number of nitrogens with zero attached hydrogens (tertiary/aromatic N) is 1. The number of anilines is 1. The Morgan fingerprint density at radius 3 is 2.70 bits per heavy atom. The summed E-state index contributed by atoms with van der Waals surface area (Å²) in [4.78, 5) is 12.2. The molecule has 2 rings (SSSR count). The normalized spacial score (nSPS) is 11.0. The molecule has 1 amide bonds. The number of hydrogen-bond donors (Lipinski definition) is 2. The Bertz CT molecular complexity index is 818. The molecule has 0 saturated carbocycles. The molecule has 6 heteroatoms. The Labute approximate surface area is 147 Å². The van der Waals surface area contributed by atoms with Crippen LogP contribution in [-0.2, 0) is 4.79 Å². The van der Waals surface area contributed by atoms with E-state index in [1.54, 1.807) is 18.2 Å². The van der Waals surface area contributed by atoms with E-state index in [4.69, 9.17) is 11.6 Å². The van der Waals surface area contributed by atoms with E-state index in [2.05, 4.69) is 21.2 Å². The smallest absolute Gasteiger partial charge is 0.266 e. The molecule has 0 aliphatic heterocycles. The minimum atomic E-state index is -0.512. The second-order valence-corrected chi connectivity index (χ2v) is 6.03. The lowest BCUT2D eigenvalue weighted by Gasteiger charge is -2.07. The zero-order valence-corrected chi connectivity index (χ0v) is 14.4. The van der Waals surface area contributed by atoms with Crippen LogP contribution in [0.15, 0.2) is 46.4 Å². The second kappa shape index (κ2) is 7.32. The first-order chi connectivity index (χ1) is 10.9. The highest BCUT2D eigenvalue weighted by molar-refractivity contribution is 9.10. The average molecular weight is 392 g/mol. The molecule has 0 spiro atoms. The first-order valence-corrected chi connectivity index (χ1v) is 7.76. The quantitative estimate of drug-likeness (QED) is 0.590. The number of phenols is 1. The van der Waals surface area contributed by atoms with Gasteiger partial charge >= 0.3 is 0 Å². The number of aryl methyl sites for hydroxylation is 1. The molecular weight excluding hydrogens is 380 g/mol. The van der Waals surface area contributed by atoms with E-state index in [-0.39, 0.29) is 16.3 Å². The molecule has 0 heterocycles. The van der Waals surface area contributed by atoms with Gasteiger partial charge in [-0.15, -0.1) is 0 Å². The lowest BCUT2D eigenvalue weighted by Crippen LogP contribution is -2.14. The van der Waals surface area contributed by atoms with Crippen molar-refractivity contribution in [2.75, 3.05) is 5.32 Å². The maximum atomic E-state index is 12.2. The number of phenolic OH excluding ortho intramolecular Hbond substituents is 1. The first-order valence-electron chi connectivity index (χ1n) is 6.59. The van der Waals surface area contributed by atoms with Gasteiger partial charge in [-0.3, -0.25) is 4.79 Å². The third-order valence-corrected chi connectivity index (χ3v) is 4.00. The highest BCUT2D eigenvalue weighted by Crippen LogP contribution is 2.33. The van der Waals surface area contributed by atoms with Crippen LogP contribution >= 0.6 is 27.5 Å². The van der Waals surface area contributed by atoms with Crippen LogP contribution in [0.1, 0.15) is 11.1 Å². The number of carbonyl (C=O) groups excluding carboxylic acids is 1. The number of rotatable bonds is 3. The standard InChI is InChI=1S/C17H12BrClN2O2/c1-10-4-2-3-5-15(10)21-17(23)12(9-20)6-11-7-13(18)16(22)14(19)8-11/h2-8,22H,1H3,(H,21,23). The minimum Gasteiger partial charge on any atom is -0.505 e. The molecule has 23 heavy (non-hydrogen) atoms. The zero-order valence-electron chi connectivity index (χ0n) is 12.1. The summed E-state index contributed by atoms with van der Waals surface area (Å²) in [7, 11) is 0. The van der Waals surface area contributed by atoms with Gasteiger partial charge in [-0.1, -0.05) is 29.8 Å². The maximum absolute atomic E-state index is 12.2. The third-order valence-electron chi connectivity index (χ3n) is 3.11. The van der Waals surface area contributed by atoms with Gasteiger partial charge in [-0.25, -0.2) is 0 Å². The molecule has 0 fully saturated rings. The summed E-state index contributed by atoms with van der Waals surface area (Å²) in [5, 5.41) is 21.7. The molecule has 0 radical (unpaired) electrons. The molecule has 2 aromatic rings. The molecule has 2 aromatic carbocycles. The lowest BCUT2D eigenvalue weighted by atomic mass is 10.1. The summed E-state index contributed by atoms with van der Waals surface area (Å²) in [5.41, 5.74) is 2.00. The fourth-order valence-electron chi connectivity index (χ4n) is 1.89. The average Bonchev–Trinajstić information content (AvgIpc) is 2.52. The van der Waals surface area contributed by atoms with Gasteiger partial charge < -0.3 is 10.4 Å². The molecule has 0 aromatic heterocycles. The lowest BCUT2D eigenvalue weighted by molar-refractivity contribution is -0.112. The number of halogens is 2. The number of para-hydroxylation sites is 1. The molecule has 0 bridgehead atoms. The number of aromatic hydroxyl groups is 1. The van der Waals surface area contributed by atoms with Crippen molar-refractivity contribution in [2.45, 2.75) is 6.92 Å². The maximum Gasteiger partial charge on any atom is 0.266 e. The van der Waals surface area contributed by atoms with Gasteiger partial charge in [0.1, 0.15) is 17.4 Å². The van der Waals surface area contributed by atoms with Gasteiger partial charge in [-0.2, -0.15) is 5.26 Å². The van der Waals surface area contributed by atoms with Gasteiger partial charge in [-0.05, 0) is 58.3 Å². The van der Waals surface area contributed by atoms with Crippen molar-refractivity contribution < 1.29 is 9.90 Å². The van der Waals surface area contributed by atoms with Gasteiger partial charge in [0.2, 0.25) is 0 Å². The summed E-state index contributed by atoms with van der Waals surface area (Å²) in [6.07, 6.45) is 1.41. The Hall–Kier alpha value is -2.29. The molecule has 0 saturated heterocycles. The predicted molar refractivity (Wildman–Crippen MR) is 94.2 cm³/mol. The van der Waals surface area contributed by atoms with E-state index < -0.39 is 5.91 Å². The Morgan fingerprint density at radius 2 is 2.09 bits per heavy atom. The van der Waals surface area contributed by atoms with Crippen molar-refractivity contribution in [2.24, 2.45) is 0 Å². The molecule has 116 valence electrons. The van der Waals surface area contributed by atoms with Crippen molar-refractivity contribution in [1.29, 1.82) is 5.26 Å². The Balaban J connectivity index is 2.31. The van der Waals surface area contributed by atoms with Gasteiger partial charge in [0.25, 0.3) is 5.91 Å². The SMILES string of the molecule is Cc1ccccc1NC(=O)C(C#N)=Cc1cc(Cl)c(O)c(Br)c1. The van der Waals surface area contributed by atoms with E-state index in [0.29, 0.717) is 15.7 Å². The van der Waals surface area contributed by atoms with Gasteiger partial charge in [0, 0.05) is 5.69 Å². The van der Waals surface area contributed by atoms with Crippen molar-refractivity contribution in [3.05, 3.63) is 62.6 Å². The van der Waals surface area contributed by atoms with E-state index in [0.717, 1.165) is 5.56 Å².